The Morgan fingerprint density at radius 3 is 2.96 bits per heavy atom. The standard InChI is InChI=1S/C18H14N4O2S/c1-23-14-7-4-6-12(9-14)17-20-16(24-22-17)11-25-18-15-8-3-2-5-13(15)10-19-21-18/h2-10H,11H2,1H3. The fourth-order valence-electron chi connectivity index (χ4n) is 2.43. The summed E-state index contributed by atoms with van der Waals surface area (Å²) in [7, 11) is 1.63. The molecule has 0 radical (unpaired) electrons. The molecule has 0 bridgehead atoms. The SMILES string of the molecule is COc1cccc(-c2noc(CSc3nncc4ccccc34)n2)c1. The van der Waals surface area contributed by atoms with Crippen molar-refractivity contribution in [3.8, 4) is 17.1 Å². The summed E-state index contributed by atoms with van der Waals surface area (Å²) in [6.07, 6.45) is 1.76. The molecule has 2 aromatic heterocycles. The molecule has 0 aliphatic carbocycles. The molecule has 0 N–H and O–H groups in total. The Morgan fingerprint density at radius 1 is 1.12 bits per heavy atom. The van der Waals surface area contributed by atoms with E-state index in [2.05, 4.69) is 20.3 Å². The second kappa shape index (κ2) is 6.90. The van der Waals surface area contributed by atoms with Gasteiger partial charge in [-0.05, 0) is 12.1 Å². The third-order valence-electron chi connectivity index (χ3n) is 3.66. The summed E-state index contributed by atoms with van der Waals surface area (Å²) in [5.74, 6) is 2.36. The van der Waals surface area contributed by atoms with E-state index in [1.54, 1.807) is 13.3 Å². The van der Waals surface area contributed by atoms with Gasteiger partial charge in [-0.2, -0.15) is 10.1 Å². The van der Waals surface area contributed by atoms with Gasteiger partial charge in [0.25, 0.3) is 0 Å². The van der Waals surface area contributed by atoms with Gasteiger partial charge in [-0.15, -0.1) is 5.10 Å². The molecule has 0 amide bonds. The molecule has 7 heteroatoms. The summed E-state index contributed by atoms with van der Waals surface area (Å²) in [6, 6.07) is 15.6. The Bertz CT molecular complexity index is 1010. The molecule has 0 aliphatic heterocycles. The predicted molar refractivity (Wildman–Crippen MR) is 95.4 cm³/mol. The van der Waals surface area contributed by atoms with Crippen LogP contribution in [0.3, 0.4) is 0 Å². The zero-order valence-corrected chi connectivity index (χ0v) is 14.2. The van der Waals surface area contributed by atoms with Crippen molar-refractivity contribution < 1.29 is 9.26 Å². The van der Waals surface area contributed by atoms with Crippen molar-refractivity contribution in [3.63, 3.8) is 0 Å². The predicted octanol–water partition coefficient (Wildman–Crippen LogP) is 3.98. The molecule has 2 aromatic carbocycles. The first-order valence-corrected chi connectivity index (χ1v) is 8.62. The first-order chi connectivity index (χ1) is 12.3. The van der Waals surface area contributed by atoms with E-state index in [4.69, 9.17) is 9.26 Å². The van der Waals surface area contributed by atoms with Crippen LogP contribution in [0.1, 0.15) is 5.89 Å². The van der Waals surface area contributed by atoms with Crippen LogP contribution in [0.15, 0.2) is 64.3 Å². The molecule has 0 fully saturated rings. The van der Waals surface area contributed by atoms with Gasteiger partial charge in [0.05, 0.1) is 19.1 Å². The third kappa shape index (κ3) is 3.32. The number of ether oxygens (including phenoxy) is 1. The van der Waals surface area contributed by atoms with Gasteiger partial charge in [-0.25, -0.2) is 0 Å². The summed E-state index contributed by atoms with van der Waals surface area (Å²) in [5.41, 5.74) is 0.851. The van der Waals surface area contributed by atoms with E-state index >= 15 is 0 Å². The van der Waals surface area contributed by atoms with Crippen molar-refractivity contribution in [2.75, 3.05) is 7.11 Å². The van der Waals surface area contributed by atoms with E-state index in [-0.39, 0.29) is 0 Å². The van der Waals surface area contributed by atoms with E-state index < -0.39 is 0 Å². The van der Waals surface area contributed by atoms with Crippen molar-refractivity contribution >= 4 is 22.5 Å². The zero-order valence-electron chi connectivity index (χ0n) is 13.4. The molecule has 6 nitrogen and oxygen atoms in total. The number of benzene rings is 2. The van der Waals surface area contributed by atoms with Crippen LogP contribution in [-0.4, -0.2) is 27.4 Å². The second-order valence-electron chi connectivity index (χ2n) is 5.27. The van der Waals surface area contributed by atoms with Gasteiger partial charge in [0.1, 0.15) is 10.8 Å². The highest BCUT2D eigenvalue weighted by Crippen LogP contribution is 2.28. The Kier molecular flexibility index (Phi) is 4.30. The van der Waals surface area contributed by atoms with Gasteiger partial charge in [0.2, 0.25) is 11.7 Å². The van der Waals surface area contributed by atoms with Crippen LogP contribution in [-0.2, 0) is 5.75 Å². The number of hydrogen-bond donors (Lipinski definition) is 0. The Hall–Kier alpha value is -2.93. The number of thioether (sulfide) groups is 1. The number of hydrogen-bond acceptors (Lipinski definition) is 7. The molecule has 4 aromatic rings. The molecule has 25 heavy (non-hydrogen) atoms. The lowest BCUT2D eigenvalue weighted by Crippen LogP contribution is -1.89. The highest BCUT2D eigenvalue weighted by atomic mass is 32.2. The minimum atomic E-state index is 0.527. The molecule has 0 aliphatic rings. The van der Waals surface area contributed by atoms with Crippen molar-refractivity contribution in [1.82, 2.24) is 20.3 Å². The van der Waals surface area contributed by atoms with Gasteiger partial charge in [0, 0.05) is 16.3 Å². The molecule has 124 valence electrons. The number of aromatic nitrogens is 4. The Morgan fingerprint density at radius 2 is 2.04 bits per heavy atom. The number of nitrogens with zero attached hydrogens (tertiary/aromatic N) is 4. The van der Waals surface area contributed by atoms with Crippen LogP contribution < -0.4 is 4.74 Å². The van der Waals surface area contributed by atoms with Gasteiger partial charge in [0.15, 0.2) is 0 Å². The molecule has 4 rings (SSSR count). The molecule has 0 saturated carbocycles. The summed E-state index contributed by atoms with van der Waals surface area (Å²) >= 11 is 1.52. The maximum absolute atomic E-state index is 5.36. The maximum atomic E-state index is 5.36. The minimum absolute atomic E-state index is 0.527. The van der Waals surface area contributed by atoms with Crippen LogP contribution >= 0.6 is 11.8 Å². The highest BCUT2D eigenvalue weighted by Gasteiger charge is 2.11. The van der Waals surface area contributed by atoms with E-state index in [9.17, 15) is 0 Å². The average Bonchev–Trinajstić information content (AvgIpc) is 3.15. The van der Waals surface area contributed by atoms with E-state index in [0.29, 0.717) is 17.5 Å². The molecule has 0 unspecified atom stereocenters. The smallest absolute Gasteiger partial charge is 0.237 e. The minimum Gasteiger partial charge on any atom is -0.497 e. The fraction of sp³-hybridized carbons (Fsp3) is 0.111. The van der Waals surface area contributed by atoms with Gasteiger partial charge in [-0.1, -0.05) is 53.3 Å². The lowest BCUT2D eigenvalue weighted by atomic mass is 10.2. The van der Waals surface area contributed by atoms with Crippen LogP contribution in [0.2, 0.25) is 0 Å². The van der Waals surface area contributed by atoms with Crippen molar-refractivity contribution in [3.05, 3.63) is 60.6 Å². The van der Waals surface area contributed by atoms with Crippen LogP contribution in [0.25, 0.3) is 22.2 Å². The van der Waals surface area contributed by atoms with E-state index in [1.165, 1.54) is 11.8 Å². The number of methoxy groups -OCH3 is 1. The molecular weight excluding hydrogens is 336 g/mol. The van der Waals surface area contributed by atoms with Gasteiger partial charge in [-0.3, -0.25) is 0 Å². The number of rotatable bonds is 5. The summed E-state index contributed by atoms with van der Waals surface area (Å²) in [6.45, 7) is 0. The first kappa shape index (κ1) is 15.6. The van der Waals surface area contributed by atoms with Crippen LogP contribution in [0.5, 0.6) is 5.75 Å². The van der Waals surface area contributed by atoms with Gasteiger partial charge < -0.3 is 9.26 Å². The van der Waals surface area contributed by atoms with Crippen LogP contribution in [0, 0.1) is 0 Å². The van der Waals surface area contributed by atoms with Crippen molar-refractivity contribution in [2.24, 2.45) is 0 Å². The number of fused-ring (bicyclic) bond motifs is 1. The first-order valence-electron chi connectivity index (χ1n) is 7.64. The molecule has 0 atom stereocenters. The van der Waals surface area contributed by atoms with Crippen molar-refractivity contribution in [2.45, 2.75) is 10.8 Å². The Labute approximate surface area is 148 Å². The molecule has 0 spiro atoms. The fourth-order valence-corrected chi connectivity index (χ4v) is 3.26. The van der Waals surface area contributed by atoms with E-state index in [1.807, 2.05) is 48.5 Å². The second-order valence-corrected chi connectivity index (χ2v) is 6.23. The summed E-state index contributed by atoms with van der Waals surface area (Å²) < 4.78 is 10.6. The topological polar surface area (TPSA) is 73.9 Å². The summed E-state index contributed by atoms with van der Waals surface area (Å²) in [5, 5.41) is 15.3. The third-order valence-corrected chi connectivity index (χ3v) is 4.63. The highest BCUT2D eigenvalue weighted by molar-refractivity contribution is 7.98. The van der Waals surface area contributed by atoms with Gasteiger partial charge >= 0.3 is 0 Å². The largest absolute Gasteiger partial charge is 0.497 e. The average molecular weight is 350 g/mol. The van der Waals surface area contributed by atoms with Crippen LogP contribution in [0.4, 0.5) is 0 Å². The zero-order chi connectivity index (χ0) is 17.1. The van der Waals surface area contributed by atoms with Crippen molar-refractivity contribution in [1.29, 1.82) is 0 Å². The lowest BCUT2D eigenvalue weighted by molar-refractivity contribution is 0.391. The van der Waals surface area contributed by atoms with E-state index in [0.717, 1.165) is 27.1 Å². The lowest BCUT2D eigenvalue weighted by Gasteiger charge is -2.02. The normalized spacial score (nSPS) is 10.9. The summed E-state index contributed by atoms with van der Waals surface area (Å²) in [4.78, 5) is 4.45. The molecular formula is C18H14N4O2S. The maximum Gasteiger partial charge on any atom is 0.237 e. The quantitative estimate of drug-likeness (QED) is 0.504. The molecule has 0 saturated heterocycles. The molecule has 2 heterocycles. The Balaban J connectivity index is 1.53. The monoisotopic (exact) mass is 350 g/mol.